The summed E-state index contributed by atoms with van der Waals surface area (Å²) in [5.41, 5.74) is -1.73. The van der Waals surface area contributed by atoms with Crippen LogP contribution in [0.15, 0.2) is 18.2 Å². The molecule has 170 valence electrons. The van der Waals surface area contributed by atoms with Crippen LogP contribution in [0.1, 0.15) is 12.6 Å². The van der Waals surface area contributed by atoms with Gasteiger partial charge < -0.3 is 18.9 Å². The van der Waals surface area contributed by atoms with E-state index in [1.54, 1.807) is 6.92 Å². The number of aromatic nitrogens is 2. The Labute approximate surface area is 178 Å². The summed E-state index contributed by atoms with van der Waals surface area (Å²) in [4.78, 5) is 22.1. The largest absolute Gasteiger partial charge is 0.475 e. The van der Waals surface area contributed by atoms with E-state index in [1.165, 1.54) is 0 Å². The Bertz CT molecular complexity index is 950. The number of esters is 1. The summed E-state index contributed by atoms with van der Waals surface area (Å²) >= 11 is 5.72. The molecule has 0 saturated heterocycles. The van der Waals surface area contributed by atoms with Crippen molar-refractivity contribution in [1.82, 2.24) is 9.78 Å². The molecule has 0 aliphatic rings. The number of hydrogen-bond donors (Lipinski definition) is 0. The summed E-state index contributed by atoms with van der Waals surface area (Å²) in [6, 6.07) is 3.13. The third-order valence-electron chi connectivity index (χ3n) is 3.61. The van der Waals surface area contributed by atoms with Gasteiger partial charge in [-0.1, -0.05) is 11.6 Å². The molecular weight excluding hydrogens is 451 g/mol. The van der Waals surface area contributed by atoms with E-state index in [0.717, 1.165) is 25.2 Å². The lowest BCUT2D eigenvalue weighted by molar-refractivity contribution is -0.385. The average Bonchev–Trinajstić information content (AvgIpc) is 2.96. The highest BCUT2D eigenvalue weighted by Gasteiger charge is 2.39. The molecule has 0 aliphatic heterocycles. The van der Waals surface area contributed by atoms with Gasteiger partial charge in [-0.3, -0.25) is 14.8 Å². The first-order chi connectivity index (χ1) is 14.5. The van der Waals surface area contributed by atoms with Crippen LogP contribution >= 0.6 is 11.6 Å². The van der Waals surface area contributed by atoms with Gasteiger partial charge in [-0.2, -0.15) is 13.2 Å². The van der Waals surface area contributed by atoms with E-state index in [1.807, 2.05) is 0 Å². The summed E-state index contributed by atoms with van der Waals surface area (Å²) in [6.45, 7) is 1.70. The van der Waals surface area contributed by atoms with Crippen molar-refractivity contribution in [3.05, 3.63) is 39.0 Å². The molecule has 10 nitrogen and oxygen atoms in total. The summed E-state index contributed by atoms with van der Waals surface area (Å²) in [5, 5.41) is 14.0. The number of benzene rings is 1. The second-order valence-electron chi connectivity index (χ2n) is 5.78. The zero-order valence-electron chi connectivity index (χ0n) is 16.3. The van der Waals surface area contributed by atoms with Crippen molar-refractivity contribution in [3.63, 3.8) is 0 Å². The minimum absolute atomic E-state index is 0.0268. The van der Waals surface area contributed by atoms with Crippen LogP contribution in [0.3, 0.4) is 0 Å². The van der Waals surface area contributed by atoms with E-state index in [-0.39, 0.29) is 24.7 Å². The molecular formula is C17H17ClF3N3O7. The van der Waals surface area contributed by atoms with Crippen LogP contribution < -0.4 is 9.47 Å². The number of rotatable bonds is 10. The van der Waals surface area contributed by atoms with E-state index in [2.05, 4.69) is 5.10 Å². The predicted octanol–water partition coefficient (Wildman–Crippen LogP) is 3.75. The highest BCUT2D eigenvalue weighted by molar-refractivity contribution is 6.32. The Morgan fingerprint density at radius 1 is 1.32 bits per heavy atom. The standard InChI is InChI=1S/C17H17ClF3N3O7/c1-3-28-6-7-29-13(25)9-30-12-8-10(4-5-11(12)24(26)27)31-16-14(18)15(17(19,20)21)23(2)22-16/h4-5,8H,3,6-7,9H2,1-2H3. The van der Waals surface area contributed by atoms with Gasteiger partial charge >= 0.3 is 17.8 Å². The lowest BCUT2D eigenvalue weighted by atomic mass is 10.3. The maximum Gasteiger partial charge on any atom is 0.434 e. The first-order valence-electron chi connectivity index (χ1n) is 8.66. The van der Waals surface area contributed by atoms with Crippen molar-refractivity contribution in [2.75, 3.05) is 26.4 Å². The van der Waals surface area contributed by atoms with Gasteiger partial charge in [-0.15, -0.1) is 5.10 Å². The Morgan fingerprint density at radius 3 is 2.61 bits per heavy atom. The molecule has 2 aromatic rings. The lowest BCUT2D eigenvalue weighted by Gasteiger charge is -2.09. The molecule has 0 unspecified atom stereocenters. The van der Waals surface area contributed by atoms with Crippen molar-refractivity contribution in [2.45, 2.75) is 13.1 Å². The molecule has 0 N–H and O–H groups in total. The minimum Gasteiger partial charge on any atom is -0.475 e. The van der Waals surface area contributed by atoms with Crippen LogP contribution in [-0.2, 0) is 27.5 Å². The summed E-state index contributed by atoms with van der Waals surface area (Å²) < 4.78 is 59.8. The zero-order valence-corrected chi connectivity index (χ0v) is 17.0. The second-order valence-corrected chi connectivity index (χ2v) is 6.16. The van der Waals surface area contributed by atoms with E-state index >= 15 is 0 Å². The van der Waals surface area contributed by atoms with Crippen molar-refractivity contribution < 1.29 is 41.8 Å². The molecule has 1 heterocycles. The fourth-order valence-electron chi connectivity index (χ4n) is 2.32. The van der Waals surface area contributed by atoms with Crippen LogP contribution in [0.5, 0.6) is 17.4 Å². The summed E-state index contributed by atoms with van der Waals surface area (Å²) in [7, 11) is 1.03. The number of nitro groups is 1. The fraction of sp³-hybridized carbons (Fsp3) is 0.412. The van der Waals surface area contributed by atoms with Gasteiger partial charge in [0.05, 0.1) is 11.5 Å². The molecule has 0 aliphatic carbocycles. The van der Waals surface area contributed by atoms with Crippen LogP contribution in [0.2, 0.25) is 5.02 Å². The first kappa shape index (κ1) is 24.2. The normalized spacial score (nSPS) is 11.3. The monoisotopic (exact) mass is 467 g/mol. The first-order valence-corrected chi connectivity index (χ1v) is 9.04. The molecule has 0 saturated carbocycles. The predicted molar refractivity (Wildman–Crippen MR) is 99.3 cm³/mol. The van der Waals surface area contributed by atoms with Crippen LogP contribution in [0.4, 0.5) is 18.9 Å². The van der Waals surface area contributed by atoms with Crippen molar-refractivity contribution in [3.8, 4) is 17.4 Å². The van der Waals surface area contributed by atoms with E-state index in [0.29, 0.717) is 11.3 Å². The third-order valence-corrected chi connectivity index (χ3v) is 3.95. The molecule has 0 spiro atoms. The van der Waals surface area contributed by atoms with Gasteiger partial charge in [0.2, 0.25) is 5.75 Å². The number of nitrogens with zero attached hydrogens (tertiary/aromatic N) is 3. The van der Waals surface area contributed by atoms with Gasteiger partial charge in [0, 0.05) is 25.8 Å². The highest BCUT2D eigenvalue weighted by atomic mass is 35.5. The number of alkyl halides is 3. The van der Waals surface area contributed by atoms with E-state index < -0.39 is 46.0 Å². The molecule has 31 heavy (non-hydrogen) atoms. The minimum atomic E-state index is -4.77. The Balaban J connectivity index is 2.17. The number of carbonyl (C=O) groups excluding carboxylic acids is 1. The molecule has 0 bridgehead atoms. The Morgan fingerprint density at radius 2 is 2.03 bits per heavy atom. The van der Waals surface area contributed by atoms with Gasteiger partial charge in [-0.25, -0.2) is 4.79 Å². The molecule has 1 aromatic carbocycles. The SMILES string of the molecule is CCOCCOC(=O)COc1cc(Oc2nn(C)c(C(F)(F)F)c2Cl)ccc1[N+](=O)[O-]. The topological polar surface area (TPSA) is 115 Å². The van der Waals surface area contributed by atoms with Crippen molar-refractivity contribution >= 4 is 23.3 Å². The van der Waals surface area contributed by atoms with Crippen molar-refractivity contribution in [1.29, 1.82) is 0 Å². The van der Waals surface area contributed by atoms with Crippen LogP contribution in [0, 0.1) is 10.1 Å². The zero-order chi connectivity index (χ0) is 23.2. The lowest BCUT2D eigenvalue weighted by Crippen LogP contribution is -2.18. The van der Waals surface area contributed by atoms with Gasteiger partial charge in [-0.05, 0) is 13.0 Å². The Kier molecular flexibility index (Phi) is 8.05. The highest BCUT2D eigenvalue weighted by Crippen LogP contribution is 2.41. The van der Waals surface area contributed by atoms with Crippen LogP contribution in [-0.4, -0.2) is 47.1 Å². The third kappa shape index (κ3) is 6.46. The quantitative estimate of drug-likeness (QED) is 0.224. The van der Waals surface area contributed by atoms with Crippen molar-refractivity contribution in [2.24, 2.45) is 7.05 Å². The second kappa shape index (κ2) is 10.3. The molecule has 0 fully saturated rings. The number of nitro benzene ring substituents is 1. The molecule has 14 heteroatoms. The molecule has 0 radical (unpaired) electrons. The molecule has 0 atom stereocenters. The van der Waals surface area contributed by atoms with Gasteiger partial charge in [0.25, 0.3) is 5.88 Å². The number of aryl methyl sites for hydroxylation is 1. The average molecular weight is 468 g/mol. The van der Waals surface area contributed by atoms with Gasteiger partial charge in [0.1, 0.15) is 17.4 Å². The molecule has 0 amide bonds. The van der Waals surface area contributed by atoms with Gasteiger partial charge in [0.15, 0.2) is 12.3 Å². The number of halogens is 4. The number of carbonyl (C=O) groups is 1. The smallest absolute Gasteiger partial charge is 0.434 e. The number of hydrogen-bond acceptors (Lipinski definition) is 8. The Hall–Kier alpha value is -3.06. The molecule has 2 rings (SSSR count). The fourth-order valence-corrected chi connectivity index (χ4v) is 2.63. The summed E-state index contributed by atoms with van der Waals surface area (Å²) in [5.74, 6) is -1.89. The van der Waals surface area contributed by atoms with Crippen LogP contribution in [0.25, 0.3) is 0 Å². The maximum atomic E-state index is 13.0. The summed E-state index contributed by atoms with van der Waals surface area (Å²) in [6.07, 6.45) is -4.77. The molecule has 1 aromatic heterocycles. The number of ether oxygens (including phenoxy) is 4. The maximum absolute atomic E-state index is 13.0. The van der Waals surface area contributed by atoms with E-state index in [4.69, 9.17) is 30.5 Å². The van der Waals surface area contributed by atoms with E-state index in [9.17, 15) is 28.1 Å².